The first-order valence-electron chi connectivity index (χ1n) is 5.01. The summed E-state index contributed by atoms with van der Waals surface area (Å²) in [7, 11) is -5.08. The van der Waals surface area contributed by atoms with E-state index >= 15 is 0 Å². The molecule has 1 N–H and O–H groups in total. The summed E-state index contributed by atoms with van der Waals surface area (Å²) in [5.74, 6) is -0.162. The van der Waals surface area contributed by atoms with Gasteiger partial charge in [0.1, 0.15) is 9.84 Å². The van der Waals surface area contributed by atoms with Gasteiger partial charge in [0.2, 0.25) is 10.0 Å². The summed E-state index contributed by atoms with van der Waals surface area (Å²) in [6.45, 7) is 2.98. The Bertz CT molecular complexity index is 388. The molecular weight excluding hydrogens is 252 g/mol. The van der Waals surface area contributed by atoms with E-state index in [0.29, 0.717) is 13.1 Å². The summed E-state index contributed by atoms with van der Waals surface area (Å²) in [6, 6.07) is 0. The third-order valence-electron chi connectivity index (χ3n) is 2.04. The summed E-state index contributed by atoms with van der Waals surface area (Å²) in [5.41, 5.74) is 0. The van der Waals surface area contributed by atoms with Crippen LogP contribution in [-0.2, 0) is 19.9 Å². The number of hydrogen-bond donors (Lipinski definition) is 1. The molecule has 0 bridgehead atoms. The highest BCUT2D eigenvalue weighted by molar-refractivity contribution is 7.91. The van der Waals surface area contributed by atoms with E-state index in [2.05, 4.69) is 5.32 Å². The zero-order valence-electron chi connectivity index (χ0n) is 9.93. The van der Waals surface area contributed by atoms with E-state index in [4.69, 9.17) is 0 Å². The molecule has 0 aromatic rings. The molecule has 0 aliphatic rings. The maximum atomic E-state index is 11.6. The fraction of sp³-hybridized carbons (Fsp3) is 1.00. The SMILES string of the molecule is CCNCCS(=O)(=O)N(C)CCS(C)(=O)=O. The van der Waals surface area contributed by atoms with E-state index in [1.807, 2.05) is 6.92 Å². The molecule has 16 heavy (non-hydrogen) atoms. The molecule has 0 aromatic carbocycles. The molecule has 0 saturated heterocycles. The Balaban J connectivity index is 4.20. The molecule has 0 heterocycles. The molecular formula is C8H20N2O4S2. The van der Waals surface area contributed by atoms with E-state index in [0.717, 1.165) is 10.6 Å². The Morgan fingerprint density at radius 2 is 1.69 bits per heavy atom. The predicted octanol–water partition coefficient (Wildman–Crippen LogP) is -1.10. The highest BCUT2D eigenvalue weighted by Gasteiger charge is 2.18. The van der Waals surface area contributed by atoms with Crippen LogP contribution < -0.4 is 5.32 Å². The van der Waals surface area contributed by atoms with Crippen LogP contribution in [0.3, 0.4) is 0 Å². The van der Waals surface area contributed by atoms with Gasteiger partial charge in [-0.2, -0.15) is 0 Å². The highest BCUT2D eigenvalue weighted by Crippen LogP contribution is 1.98. The van der Waals surface area contributed by atoms with Crippen LogP contribution in [0, 0.1) is 0 Å². The van der Waals surface area contributed by atoms with E-state index in [1.165, 1.54) is 7.05 Å². The van der Waals surface area contributed by atoms with Crippen molar-refractivity contribution in [2.45, 2.75) is 6.92 Å². The molecule has 0 unspecified atom stereocenters. The molecule has 0 atom stereocenters. The second-order valence-corrected chi connectivity index (χ2v) is 8.08. The summed E-state index contributed by atoms with van der Waals surface area (Å²) in [6.07, 6.45) is 1.09. The van der Waals surface area contributed by atoms with Crippen LogP contribution in [0.15, 0.2) is 0 Å². The monoisotopic (exact) mass is 272 g/mol. The van der Waals surface area contributed by atoms with Gasteiger partial charge in [0.25, 0.3) is 0 Å². The summed E-state index contributed by atoms with van der Waals surface area (Å²) in [5, 5.41) is 2.91. The van der Waals surface area contributed by atoms with Crippen LogP contribution in [0.1, 0.15) is 6.92 Å². The molecule has 0 aromatic heterocycles. The van der Waals surface area contributed by atoms with Crippen molar-refractivity contribution < 1.29 is 16.8 Å². The molecule has 0 fully saturated rings. The summed E-state index contributed by atoms with van der Waals surface area (Å²) in [4.78, 5) is 0. The van der Waals surface area contributed by atoms with Gasteiger partial charge in [-0.15, -0.1) is 0 Å². The van der Waals surface area contributed by atoms with Crippen molar-refractivity contribution in [3.05, 3.63) is 0 Å². The van der Waals surface area contributed by atoms with Gasteiger partial charge in [0, 0.05) is 26.4 Å². The third kappa shape index (κ3) is 7.15. The summed E-state index contributed by atoms with van der Waals surface area (Å²) >= 11 is 0. The van der Waals surface area contributed by atoms with Gasteiger partial charge in [-0.05, 0) is 6.54 Å². The molecule has 6 nitrogen and oxygen atoms in total. The maximum absolute atomic E-state index is 11.6. The minimum absolute atomic E-state index is 0.00723. The Labute approximate surface area is 98.0 Å². The Hall–Kier alpha value is -0.180. The quantitative estimate of drug-likeness (QED) is 0.567. The number of sulfonamides is 1. The van der Waals surface area contributed by atoms with Gasteiger partial charge in [0.15, 0.2) is 0 Å². The van der Waals surface area contributed by atoms with Gasteiger partial charge >= 0.3 is 0 Å². The lowest BCUT2D eigenvalue weighted by Crippen LogP contribution is -2.36. The van der Waals surface area contributed by atoms with Gasteiger partial charge in [0.05, 0.1) is 11.5 Å². The molecule has 0 saturated carbocycles. The van der Waals surface area contributed by atoms with Crippen LogP contribution in [0.5, 0.6) is 0 Å². The van der Waals surface area contributed by atoms with Crippen LogP contribution in [0.25, 0.3) is 0 Å². The number of sulfone groups is 1. The second kappa shape index (κ2) is 6.53. The third-order valence-corrected chi connectivity index (χ3v) is 4.82. The first-order chi connectivity index (χ1) is 7.19. The lowest BCUT2D eigenvalue weighted by Gasteiger charge is -2.16. The Morgan fingerprint density at radius 3 is 2.12 bits per heavy atom. The van der Waals surface area contributed by atoms with Crippen molar-refractivity contribution in [2.75, 3.05) is 44.4 Å². The average Bonchev–Trinajstić information content (AvgIpc) is 2.13. The first-order valence-corrected chi connectivity index (χ1v) is 8.68. The standard InChI is InChI=1S/C8H20N2O4S2/c1-4-9-5-7-16(13,14)10(2)6-8-15(3,11)12/h9H,4-8H2,1-3H3. The Kier molecular flexibility index (Phi) is 6.46. The normalized spacial score (nSPS) is 13.2. The number of nitrogens with one attached hydrogen (secondary N) is 1. The predicted molar refractivity (Wildman–Crippen MR) is 64.7 cm³/mol. The van der Waals surface area contributed by atoms with E-state index in [-0.39, 0.29) is 18.1 Å². The fourth-order valence-corrected chi connectivity index (χ4v) is 2.77. The summed E-state index contributed by atoms with van der Waals surface area (Å²) < 4.78 is 46.1. The highest BCUT2D eigenvalue weighted by atomic mass is 32.2. The topological polar surface area (TPSA) is 83.6 Å². The van der Waals surface area contributed by atoms with E-state index in [1.54, 1.807) is 0 Å². The van der Waals surface area contributed by atoms with Crippen molar-refractivity contribution in [3.8, 4) is 0 Å². The number of nitrogens with zero attached hydrogens (tertiary/aromatic N) is 1. The molecule has 0 aliphatic heterocycles. The van der Waals surface area contributed by atoms with Gasteiger partial charge in [-0.3, -0.25) is 0 Å². The molecule has 0 amide bonds. The molecule has 0 rings (SSSR count). The van der Waals surface area contributed by atoms with Crippen LogP contribution in [0.4, 0.5) is 0 Å². The van der Waals surface area contributed by atoms with Gasteiger partial charge in [-0.25, -0.2) is 21.1 Å². The lowest BCUT2D eigenvalue weighted by molar-refractivity contribution is 0.483. The van der Waals surface area contributed by atoms with Crippen LogP contribution in [-0.4, -0.2) is 65.6 Å². The molecule has 98 valence electrons. The van der Waals surface area contributed by atoms with Crippen molar-refractivity contribution >= 4 is 19.9 Å². The molecule has 8 heteroatoms. The van der Waals surface area contributed by atoms with Crippen LogP contribution >= 0.6 is 0 Å². The zero-order valence-corrected chi connectivity index (χ0v) is 11.6. The van der Waals surface area contributed by atoms with E-state index < -0.39 is 19.9 Å². The average molecular weight is 272 g/mol. The van der Waals surface area contributed by atoms with Gasteiger partial charge in [-0.1, -0.05) is 6.92 Å². The van der Waals surface area contributed by atoms with Crippen molar-refractivity contribution in [2.24, 2.45) is 0 Å². The largest absolute Gasteiger partial charge is 0.316 e. The number of rotatable bonds is 8. The lowest BCUT2D eigenvalue weighted by atomic mass is 10.7. The molecule has 0 radical (unpaired) electrons. The second-order valence-electron chi connectivity index (χ2n) is 3.62. The Morgan fingerprint density at radius 1 is 1.12 bits per heavy atom. The van der Waals surface area contributed by atoms with Gasteiger partial charge < -0.3 is 5.32 Å². The molecule has 0 aliphatic carbocycles. The smallest absolute Gasteiger partial charge is 0.215 e. The van der Waals surface area contributed by atoms with Crippen molar-refractivity contribution in [1.29, 1.82) is 0 Å². The molecule has 0 spiro atoms. The number of hydrogen-bond acceptors (Lipinski definition) is 5. The van der Waals surface area contributed by atoms with Crippen molar-refractivity contribution in [3.63, 3.8) is 0 Å². The first kappa shape index (κ1) is 15.8. The minimum atomic E-state index is -3.35. The van der Waals surface area contributed by atoms with Crippen LogP contribution in [0.2, 0.25) is 0 Å². The maximum Gasteiger partial charge on any atom is 0.215 e. The minimum Gasteiger partial charge on any atom is -0.316 e. The zero-order chi connectivity index (χ0) is 12.8. The van der Waals surface area contributed by atoms with Crippen molar-refractivity contribution in [1.82, 2.24) is 9.62 Å². The van der Waals surface area contributed by atoms with E-state index in [9.17, 15) is 16.8 Å². The fourth-order valence-electron chi connectivity index (χ4n) is 0.967.